The lowest BCUT2D eigenvalue weighted by Crippen LogP contribution is -2.29. The molecule has 0 radical (unpaired) electrons. The summed E-state index contributed by atoms with van der Waals surface area (Å²) in [6, 6.07) is 3.31. The van der Waals surface area contributed by atoms with Gasteiger partial charge in [0.15, 0.2) is 10.8 Å². The quantitative estimate of drug-likeness (QED) is 0.241. The van der Waals surface area contributed by atoms with Crippen molar-refractivity contribution in [2.75, 3.05) is 37.4 Å². The van der Waals surface area contributed by atoms with Crippen LogP contribution in [-0.4, -0.2) is 57.7 Å². The number of benzene rings is 1. The summed E-state index contributed by atoms with van der Waals surface area (Å²) in [5.74, 6) is -1.08. The van der Waals surface area contributed by atoms with E-state index in [4.69, 9.17) is 4.74 Å². The number of anilines is 1. The highest BCUT2D eigenvalue weighted by Gasteiger charge is 2.17. The predicted molar refractivity (Wildman–Crippen MR) is 120 cm³/mol. The first kappa shape index (κ1) is 23.9. The Labute approximate surface area is 189 Å². The van der Waals surface area contributed by atoms with Crippen LogP contribution >= 0.6 is 11.8 Å². The number of thioether (sulfide) groups is 1. The number of amides is 1. The van der Waals surface area contributed by atoms with E-state index in [1.807, 2.05) is 6.92 Å². The second-order valence-electron chi connectivity index (χ2n) is 6.78. The van der Waals surface area contributed by atoms with Crippen molar-refractivity contribution in [2.24, 2.45) is 0 Å². The molecule has 8 nitrogen and oxygen atoms in total. The number of hydrogen-bond acceptors (Lipinski definition) is 7. The van der Waals surface area contributed by atoms with Gasteiger partial charge in [0.2, 0.25) is 0 Å². The van der Waals surface area contributed by atoms with Crippen LogP contribution in [0.2, 0.25) is 0 Å². The zero-order valence-electron chi connectivity index (χ0n) is 18.0. The molecular weight excluding hydrogens is 438 g/mol. The number of halogens is 2. The van der Waals surface area contributed by atoms with E-state index in [-0.39, 0.29) is 13.1 Å². The molecule has 0 spiro atoms. The normalized spacial score (nSPS) is 11.1. The van der Waals surface area contributed by atoms with Gasteiger partial charge in [-0.15, -0.1) is 0 Å². The zero-order valence-corrected chi connectivity index (χ0v) is 18.8. The van der Waals surface area contributed by atoms with E-state index in [0.717, 1.165) is 29.7 Å². The molecule has 0 atom stereocenters. The fourth-order valence-corrected chi connectivity index (χ4v) is 3.65. The lowest BCUT2D eigenvalue weighted by molar-refractivity contribution is 0.0943. The minimum atomic E-state index is -0.903. The molecule has 2 N–H and O–H groups in total. The van der Waals surface area contributed by atoms with Crippen LogP contribution in [-0.2, 0) is 11.3 Å². The van der Waals surface area contributed by atoms with Crippen LogP contribution in [0.1, 0.15) is 30.6 Å². The van der Waals surface area contributed by atoms with E-state index in [1.165, 1.54) is 6.07 Å². The Kier molecular flexibility index (Phi) is 8.74. The molecule has 3 rings (SSSR count). The van der Waals surface area contributed by atoms with Gasteiger partial charge < -0.3 is 15.4 Å². The van der Waals surface area contributed by atoms with Crippen molar-refractivity contribution in [1.82, 2.24) is 25.1 Å². The van der Waals surface area contributed by atoms with Gasteiger partial charge in [-0.3, -0.25) is 4.79 Å². The third-order valence-electron chi connectivity index (χ3n) is 4.45. The standard InChI is InChI=1S/C21H26F2N6O2S/c1-3-12-32-21-27-18(24-9-11-31-4-2)14-13-26-29(19(14)28-21)10-8-25-20(30)17-15(22)6-5-7-16(17)23/h5-7,13H,3-4,8-12H2,1-2H3,(H,25,30)(H,24,27,28). The molecule has 0 fully saturated rings. The molecule has 1 aromatic carbocycles. The van der Waals surface area contributed by atoms with Gasteiger partial charge in [0.05, 0.1) is 24.7 Å². The van der Waals surface area contributed by atoms with Crippen LogP contribution in [0.25, 0.3) is 11.0 Å². The van der Waals surface area contributed by atoms with Gasteiger partial charge in [0.25, 0.3) is 5.91 Å². The number of ether oxygens (including phenoxy) is 1. The fraction of sp³-hybridized carbons (Fsp3) is 0.429. The van der Waals surface area contributed by atoms with Crippen molar-refractivity contribution in [2.45, 2.75) is 32.0 Å². The Balaban J connectivity index is 1.74. The predicted octanol–water partition coefficient (Wildman–Crippen LogP) is 3.49. The van der Waals surface area contributed by atoms with Gasteiger partial charge in [0, 0.05) is 25.4 Å². The first-order valence-corrected chi connectivity index (χ1v) is 11.4. The second kappa shape index (κ2) is 11.7. The summed E-state index contributed by atoms with van der Waals surface area (Å²) in [4.78, 5) is 21.4. The lowest BCUT2D eigenvalue weighted by Gasteiger charge is -2.10. The van der Waals surface area contributed by atoms with Crippen molar-refractivity contribution >= 4 is 34.5 Å². The SMILES string of the molecule is CCCSc1nc(NCCOCC)c2cnn(CCNC(=O)c3c(F)cccc3F)c2n1. The summed E-state index contributed by atoms with van der Waals surface area (Å²) in [7, 11) is 0. The van der Waals surface area contributed by atoms with E-state index < -0.39 is 23.1 Å². The average molecular weight is 465 g/mol. The first-order chi connectivity index (χ1) is 15.5. The third-order valence-corrected chi connectivity index (χ3v) is 5.51. The van der Waals surface area contributed by atoms with Crippen LogP contribution in [0.4, 0.5) is 14.6 Å². The Hall–Kier alpha value is -2.79. The average Bonchev–Trinajstić information content (AvgIpc) is 3.18. The number of carbonyl (C=O) groups excluding carboxylic acids is 1. The smallest absolute Gasteiger partial charge is 0.257 e. The van der Waals surface area contributed by atoms with Gasteiger partial charge in [-0.2, -0.15) is 5.10 Å². The summed E-state index contributed by atoms with van der Waals surface area (Å²) >= 11 is 1.55. The molecule has 0 aliphatic carbocycles. The molecule has 0 aliphatic heterocycles. The summed E-state index contributed by atoms with van der Waals surface area (Å²) < 4.78 is 34.6. The fourth-order valence-electron chi connectivity index (χ4n) is 2.96. The van der Waals surface area contributed by atoms with Gasteiger partial charge in [-0.25, -0.2) is 23.4 Å². The van der Waals surface area contributed by atoms with Crippen molar-refractivity contribution in [3.05, 3.63) is 41.6 Å². The number of fused-ring (bicyclic) bond motifs is 1. The van der Waals surface area contributed by atoms with E-state index in [9.17, 15) is 13.6 Å². The van der Waals surface area contributed by atoms with Gasteiger partial charge >= 0.3 is 0 Å². The summed E-state index contributed by atoms with van der Waals surface area (Å²) in [6.07, 6.45) is 2.64. The Bertz CT molecular complexity index is 1040. The molecule has 3 aromatic rings. The van der Waals surface area contributed by atoms with Gasteiger partial charge in [0.1, 0.15) is 23.0 Å². The number of carbonyl (C=O) groups is 1. The molecule has 0 bridgehead atoms. The largest absolute Gasteiger partial charge is 0.380 e. The van der Waals surface area contributed by atoms with E-state index >= 15 is 0 Å². The van der Waals surface area contributed by atoms with Gasteiger partial charge in [-0.1, -0.05) is 24.8 Å². The Morgan fingerprint density at radius 1 is 1.19 bits per heavy atom. The van der Waals surface area contributed by atoms with E-state index in [1.54, 1.807) is 22.6 Å². The molecule has 1 amide bonds. The first-order valence-electron chi connectivity index (χ1n) is 10.4. The molecule has 11 heteroatoms. The molecule has 0 saturated heterocycles. The highest BCUT2D eigenvalue weighted by Crippen LogP contribution is 2.24. The topological polar surface area (TPSA) is 94.0 Å². The molecule has 0 saturated carbocycles. The molecule has 2 aromatic heterocycles. The molecular formula is C21H26F2N6O2S. The molecule has 0 unspecified atom stereocenters. The maximum Gasteiger partial charge on any atom is 0.257 e. The van der Waals surface area contributed by atoms with Crippen LogP contribution in [0.15, 0.2) is 29.6 Å². The Morgan fingerprint density at radius 3 is 2.69 bits per heavy atom. The minimum absolute atomic E-state index is 0.123. The monoisotopic (exact) mass is 464 g/mol. The third kappa shape index (κ3) is 5.92. The number of rotatable bonds is 12. The number of hydrogen-bond donors (Lipinski definition) is 2. The molecule has 172 valence electrons. The number of nitrogens with one attached hydrogen (secondary N) is 2. The minimum Gasteiger partial charge on any atom is -0.380 e. The highest BCUT2D eigenvalue weighted by atomic mass is 32.2. The van der Waals surface area contributed by atoms with Crippen LogP contribution in [0.3, 0.4) is 0 Å². The lowest BCUT2D eigenvalue weighted by atomic mass is 10.2. The van der Waals surface area contributed by atoms with Crippen LogP contribution in [0.5, 0.6) is 0 Å². The summed E-state index contributed by atoms with van der Waals surface area (Å²) in [5.41, 5.74) is 0.0167. The van der Waals surface area contributed by atoms with Crippen LogP contribution < -0.4 is 10.6 Å². The number of nitrogens with zero attached hydrogens (tertiary/aromatic N) is 4. The Morgan fingerprint density at radius 2 is 1.97 bits per heavy atom. The highest BCUT2D eigenvalue weighted by molar-refractivity contribution is 7.99. The molecule has 2 heterocycles. The van der Waals surface area contributed by atoms with E-state index in [0.29, 0.717) is 36.4 Å². The van der Waals surface area contributed by atoms with Crippen molar-refractivity contribution in [3.63, 3.8) is 0 Å². The number of aromatic nitrogens is 4. The van der Waals surface area contributed by atoms with Crippen LogP contribution in [0, 0.1) is 11.6 Å². The second-order valence-corrected chi connectivity index (χ2v) is 7.85. The van der Waals surface area contributed by atoms with Crippen molar-refractivity contribution < 1.29 is 18.3 Å². The molecule has 0 aliphatic rings. The summed E-state index contributed by atoms with van der Waals surface area (Å²) in [6.45, 7) is 6.19. The maximum atomic E-state index is 13.8. The maximum absolute atomic E-state index is 13.8. The molecule has 32 heavy (non-hydrogen) atoms. The van der Waals surface area contributed by atoms with Gasteiger partial charge in [-0.05, 0) is 25.5 Å². The summed E-state index contributed by atoms with van der Waals surface area (Å²) in [5, 5.41) is 11.5. The van der Waals surface area contributed by atoms with Crippen molar-refractivity contribution in [1.29, 1.82) is 0 Å². The van der Waals surface area contributed by atoms with Crippen molar-refractivity contribution in [3.8, 4) is 0 Å². The van der Waals surface area contributed by atoms with E-state index in [2.05, 4.69) is 32.6 Å². The zero-order chi connectivity index (χ0) is 22.9.